The van der Waals surface area contributed by atoms with E-state index >= 15 is 0 Å². The Balaban J connectivity index is 1.09. The van der Waals surface area contributed by atoms with E-state index in [4.69, 9.17) is 4.74 Å². The number of pyridine rings is 1. The fourth-order valence-electron chi connectivity index (χ4n) is 4.12. The van der Waals surface area contributed by atoms with Gasteiger partial charge in [-0.3, -0.25) is 4.98 Å². The number of alkyl halides is 3. The molecule has 1 aliphatic rings. The summed E-state index contributed by atoms with van der Waals surface area (Å²) in [6.45, 7) is 2.09. The van der Waals surface area contributed by atoms with E-state index in [1.54, 1.807) is 53.8 Å². The highest BCUT2D eigenvalue weighted by Crippen LogP contribution is 2.35. The molecule has 5 aromatic rings. The van der Waals surface area contributed by atoms with Crippen molar-refractivity contribution in [3.8, 4) is 33.3 Å². The van der Waals surface area contributed by atoms with Gasteiger partial charge in [0.2, 0.25) is 0 Å². The van der Waals surface area contributed by atoms with Gasteiger partial charge in [-0.05, 0) is 47.9 Å². The molecule has 212 valence electrons. The van der Waals surface area contributed by atoms with Gasteiger partial charge in [-0.25, -0.2) is 19.7 Å². The molecule has 0 unspecified atom stereocenters. The Morgan fingerprint density at radius 3 is 2.26 bits per heavy atom. The van der Waals surface area contributed by atoms with Gasteiger partial charge in [-0.2, -0.15) is 13.2 Å². The number of ether oxygens (including phenoxy) is 1. The van der Waals surface area contributed by atoms with Crippen molar-refractivity contribution in [3.05, 3.63) is 91.1 Å². The van der Waals surface area contributed by atoms with Crippen LogP contribution in [0.2, 0.25) is 0 Å². The Labute approximate surface area is 242 Å². The van der Waals surface area contributed by atoms with Gasteiger partial charge in [0.05, 0.1) is 28.6 Å². The average Bonchev–Trinajstić information content (AvgIpc) is 3.43. The molecule has 1 saturated heterocycles. The third-order valence-electron chi connectivity index (χ3n) is 6.38. The van der Waals surface area contributed by atoms with Crippen LogP contribution in [-0.4, -0.2) is 39.1 Å². The third kappa shape index (κ3) is 6.15. The van der Waals surface area contributed by atoms with Crippen LogP contribution in [0.3, 0.4) is 0 Å². The van der Waals surface area contributed by atoms with E-state index in [1.807, 2.05) is 18.3 Å². The number of anilines is 3. The van der Waals surface area contributed by atoms with Crippen molar-refractivity contribution in [1.82, 2.24) is 19.9 Å². The minimum atomic E-state index is -4.68. The summed E-state index contributed by atoms with van der Waals surface area (Å²) < 4.78 is 45.6. The number of hydrogen-bond donors (Lipinski definition) is 2. The van der Waals surface area contributed by atoms with E-state index in [-0.39, 0.29) is 17.4 Å². The SMILES string of the molecule is O=C(Nc1cnc(Oc2ccc(-c3cnc(N4CCC4)s3)cc2)nc1)Nc1cc(C(F)(F)F)ncc1-c1ccccc1. The molecule has 42 heavy (non-hydrogen) atoms. The second kappa shape index (κ2) is 11.4. The van der Waals surface area contributed by atoms with Gasteiger partial charge in [-0.15, -0.1) is 0 Å². The van der Waals surface area contributed by atoms with Crippen LogP contribution in [0.4, 0.5) is 34.5 Å². The first-order valence-electron chi connectivity index (χ1n) is 12.8. The Morgan fingerprint density at radius 2 is 1.60 bits per heavy atom. The van der Waals surface area contributed by atoms with Crippen LogP contribution in [0.25, 0.3) is 21.6 Å². The van der Waals surface area contributed by atoms with Crippen molar-refractivity contribution >= 4 is 33.9 Å². The maximum Gasteiger partial charge on any atom is 0.433 e. The highest BCUT2D eigenvalue weighted by Gasteiger charge is 2.33. The lowest BCUT2D eigenvalue weighted by molar-refractivity contribution is -0.141. The average molecular weight is 590 g/mol. The van der Waals surface area contributed by atoms with Crippen molar-refractivity contribution in [2.24, 2.45) is 0 Å². The number of rotatable bonds is 7. The number of carbonyl (C=O) groups is 1. The third-order valence-corrected chi connectivity index (χ3v) is 7.49. The topological polar surface area (TPSA) is 105 Å². The van der Waals surface area contributed by atoms with Crippen LogP contribution in [0.15, 0.2) is 85.5 Å². The Hall–Kier alpha value is -5.04. The zero-order chi connectivity index (χ0) is 29.1. The second-order valence-electron chi connectivity index (χ2n) is 9.29. The largest absolute Gasteiger partial charge is 0.433 e. The molecule has 0 atom stereocenters. The lowest BCUT2D eigenvalue weighted by Crippen LogP contribution is -2.36. The standard InChI is InChI=1S/C29H22F3N7O2S/c30-29(31,32)25-13-23(22(16-33-25)18-5-2-1-3-6-18)38-26(40)37-20-14-34-27(35-15-20)41-21-9-7-19(8-10-21)24-17-36-28(42-24)39-11-4-12-39/h1-3,5-10,13-17H,4,11-12H2,(H2,33,37,38,40). The lowest BCUT2D eigenvalue weighted by atomic mass is 10.1. The molecule has 0 aliphatic carbocycles. The molecule has 6 rings (SSSR count). The predicted molar refractivity (Wildman–Crippen MR) is 154 cm³/mol. The van der Waals surface area contributed by atoms with Crippen LogP contribution in [0, 0.1) is 0 Å². The van der Waals surface area contributed by atoms with E-state index in [0.717, 1.165) is 40.9 Å². The zero-order valence-electron chi connectivity index (χ0n) is 21.8. The highest BCUT2D eigenvalue weighted by molar-refractivity contribution is 7.18. The monoisotopic (exact) mass is 589 g/mol. The molecule has 0 spiro atoms. The van der Waals surface area contributed by atoms with Gasteiger partial charge in [0.1, 0.15) is 11.4 Å². The first-order valence-corrected chi connectivity index (χ1v) is 13.7. The fourth-order valence-corrected chi connectivity index (χ4v) is 5.10. The Morgan fingerprint density at radius 1 is 0.857 bits per heavy atom. The van der Waals surface area contributed by atoms with E-state index in [0.29, 0.717) is 16.9 Å². The molecular weight excluding hydrogens is 567 g/mol. The summed E-state index contributed by atoms with van der Waals surface area (Å²) in [4.78, 5) is 32.3. The number of amides is 2. The molecule has 1 fully saturated rings. The molecule has 0 radical (unpaired) electrons. The van der Waals surface area contributed by atoms with Crippen LogP contribution in [-0.2, 0) is 6.18 Å². The van der Waals surface area contributed by atoms with Gasteiger partial charge >= 0.3 is 18.2 Å². The second-order valence-corrected chi connectivity index (χ2v) is 10.3. The molecule has 13 heteroatoms. The smallest absolute Gasteiger partial charge is 0.424 e. The van der Waals surface area contributed by atoms with Crippen LogP contribution >= 0.6 is 11.3 Å². The van der Waals surface area contributed by atoms with E-state index in [2.05, 4.69) is 35.5 Å². The minimum absolute atomic E-state index is 0.0551. The van der Waals surface area contributed by atoms with Gasteiger partial charge in [-0.1, -0.05) is 41.7 Å². The Kier molecular flexibility index (Phi) is 7.40. The summed E-state index contributed by atoms with van der Waals surface area (Å²) in [7, 11) is 0. The van der Waals surface area contributed by atoms with E-state index < -0.39 is 17.9 Å². The molecule has 2 amide bonds. The summed E-state index contributed by atoms with van der Waals surface area (Å²) in [5, 5.41) is 6.02. The van der Waals surface area contributed by atoms with Crippen molar-refractivity contribution < 1.29 is 22.7 Å². The predicted octanol–water partition coefficient (Wildman–Crippen LogP) is 7.33. The quantitative estimate of drug-likeness (QED) is 0.205. The van der Waals surface area contributed by atoms with E-state index in [9.17, 15) is 18.0 Å². The van der Waals surface area contributed by atoms with Crippen LogP contribution in [0.5, 0.6) is 11.8 Å². The number of thiazole rings is 1. The van der Waals surface area contributed by atoms with Gasteiger partial charge in [0.25, 0.3) is 0 Å². The van der Waals surface area contributed by atoms with Gasteiger partial charge < -0.3 is 20.3 Å². The van der Waals surface area contributed by atoms with Gasteiger partial charge in [0, 0.05) is 31.0 Å². The number of halogens is 3. The molecule has 1 aliphatic heterocycles. The number of aromatic nitrogens is 4. The number of benzene rings is 2. The number of hydrogen-bond acceptors (Lipinski definition) is 8. The van der Waals surface area contributed by atoms with Crippen LogP contribution in [0.1, 0.15) is 12.1 Å². The number of nitrogens with one attached hydrogen (secondary N) is 2. The van der Waals surface area contributed by atoms with E-state index in [1.165, 1.54) is 18.8 Å². The fraction of sp³-hybridized carbons (Fsp3) is 0.138. The van der Waals surface area contributed by atoms with Crippen molar-refractivity contribution in [1.29, 1.82) is 0 Å². The first-order chi connectivity index (χ1) is 20.3. The molecule has 2 aromatic carbocycles. The maximum absolute atomic E-state index is 13.3. The maximum atomic E-state index is 13.3. The number of nitrogens with zero attached hydrogens (tertiary/aromatic N) is 5. The van der Waals surface area contributed by atoms with Gasteiger partial charge in [0.15, 0.2) is 5.13 Å². The normalized spacial score (nSPS) is 12.9. The lowest BCUT2D eigenvalue weighted by Gasteiger charge is -2.30. The Bertz CT molecular complexity index is 1690. The summed E-state index contributed by atoms with van der Waals surface area (Å²) in [6, 6.07) is 16.2. The zero-order valence-corrected chi connectivity index (χ0v) is 22.6. The van der Waals surface area contributed by atoms with Crippen molar-refractivity contribution in [2.75, 3.05) is 28.6 Å². The highest BCUT2D eigenvalue weighted by atomic mass is 32.1. The molecule has 9 nitrogen and oxygen atoms in total. The summed E-state index contributed by atoms with van der Waals surface area (Å²) in [5.74, 6) is 0.524. The molecule has 4 heterocycles. The minimum Gasteiger partial charge on any atom is -0.424 e. The summed E-state index contributed by atoms with van der Waals surface area (Å²) in [6.07, 6.45) is 2.13. The van der Waals surface area contributed by atoms with Crippen molar-refractivity contribution in [2.45, 2.75) is 12.6 Å². The molecular formula is C29H22F3N7O2S. The summed E-state index contributed by atoms with van der Waals surface area (Å²) in [5.41, 5.74) is 0.973. The molecule has 3 aromatic heterocycles. The molecule has 0 bridgehead atoms. The van der Waals surface area contributed by atoms with Crippen LogP contribution < -0.4 is 20.3 Å². The molecule has 0 saturated carbocycles. The van der Waals surface area contributed by atoms with Crippen molar-refractivity contribution in [3.63, 3.8) is 0 Å². The first kappa shape index (κ1) is 27.1. The molecule has 2 N–H and O–H groups in total. The summed E-state index contributed by atoms with van der Waals surface area (Å²) >= 11 is 1.64. The number of urea groups is 1. The number of carbonyl (C=O) groups excluding carboxylic acids is 1.